The van der Waals surface area contributed by atoms with Crippen molar-refractivity contribution in [1.29, 1.82) is 0 Å². The Bertz CT molecular complexity index is 400. The van der Waals surface area contributed by atoms with Crippen molar-refractivity contribution in [3.05, 3.63) is 34.9 Å². The first kappa shape index (κ1) is 10.2. The summed E-state index contributed by atoms with van der Waals surface area (Å²) < 4.78 is 0. The largest absolute Gasteiger partial charge is 0.331 e. The molecule has 1 saturated heterocycles. The van der Waals surface area contributed by atoms with Gasteiger partial charge in [-0.3, -0.25) is 9.59 Å². The fourth-order valence-corrected chi connectivity index (χ4v) is 1.72. The average Bonchev–Trinajstić information content (AvgIpc) is 2.49. The van der Waals surface area contributed by atoms with Crippen molar-refractivity contribution in [3.8, 4) is 0 Å². The summed E-state index contributed by atoms with van der Waals surface area (Å²) in [5, 5.41) is 0.669. The number of hydrogen-bond acceptors (Lipinski definition) is 2. The van der Waals surface area contributed by atoms with E-state index in [4.69, 9.17) is 11.6 Å². The highest BCUT2D eigenvalue weighted by Gasteiger charge is 2.26. The number of amides is 1. The van der Waals surface area contributed by atoms with Crippen LogP contribution in [-0.2, 0) is 16.1 Å². The van der Waals surface area contributed by atoms with Crippen molar-refractivity contribution in [2.75, 3.05) is 6.54 Å². The van der Waals surface area contributed by atoms with Crippen molar-refractivity contribution in [2.24, 2.45) is 0 Å². The summed E-state index contributed by atoms with van der Waals surface area (Å²) in [6.07, 6.45) is 0.0492. The maximum atomic E-state index is 11.3. The minimum atomic E-state index is -0.0880. The fraction of sp³-hybridized carbons (Fsp3) is 0.273. The van der Waals surface area contributed by atoms with Gasteiger partial charge in [0.15, 0.2) is 5.78 Å². The Morgan fingerprint density at radius 3 is 2.40 bits per heavy atom. The quantitative estimate of drug-likeness (QED) is 0.715. The molecule has 0 bridgehead atoms. The van der Waals surface area contributed by atoms with E-state index >= 15 is 0 Å². The standard InChI is InChI=1S/C11H10ClNO2/c12-9-3-1-8(2-4-9)6-13-7-10(14)5-11(13)15/h1-4H,5-7H2. The molecule has 1 amide bonds. The highest BCUT2D eigenvalue weighted by Crippen LogP contribution is 2.14. The van der Waals surface area contributed by atoms with E-state index in [0.717, 1.165) is 5.56 Å². The van der Waals surface area contributed by atoms with Crippen LogP contribution in [0.15, 0.2) is 24.3 Å². The molecule has 1 fully saturated rings. The van der Waals surface area contributed by atoms with Gasteiger partial charge in [-0.15, -0.1) is 0 Å². The maximum absolute atomic E-state index is 11.3. The number of benzene rings is 1. The molecule has 0 saturated carbocycles. The Labute approximate surface area is 92.6 Å². The molecule has 1 aromatic carbocycles. The van der Waals surface area contributed by atoms with Gasteiger partial charge in [-0.05, 0) is 17.7 Å². The molecule has 1 aliphatic heterocycles. The molecule has 78 valence electrons. The van der Waals surface area contributed by atoms with Gasteiger partial charge >= 0.3 is 0 Å². The number of likely N-dealkylation sites (tertiary alicyclic amines) is 1. The number of carbonyl (C=O) groups excluding carboxylic acids is 2. The molecule has 0 radical (unpaired) electrons. The molecule has 15 heavy (non-hydrogen) atoms. The van der Waals surface area contributed by atoms with E-state index in [9.17, 15) is 9.59 Å². The zero-order valence-corrected chi connectivity index (χ0v) is 8.83. The Hall–Kier alpha value is -1.35. The van der Waals surface area contributed by atoms with E-state index in [-0.39, 0.29) is 24.7 Å². The number of halogens is 1. The molecule has 3 nitrogen and oxygen atoms in total. The molecular formula is C11H10ClNO2. The summed E-state index contributed by atoms with van der Waals surface area (Å²) in [5.41, 5.74) is 0.988. The van der Waals surface area contributed by atoms with Gasteiger partial charge in [-0.25, -0.2) is 0 Å². The molecule has 0 aromatic heterocycles. The van der Waals surface area contributed by atoms with Crippen LogP contribution in [0.2, 0.25) is 5.02 Å². The fourth-order valence-electron chi connectivity index (χ4n) is 1.59. The highest BCUT2D eigenvalue weighted by atomic mass is 35.5. The smallest absolute Gasteiger partial charge is 0.230 e. The molecule has 2 rings (SSSR count). The average molecular weight is 224 g/mol. The molecule has 0 unspecified atom stereocenters. The van der Waals surface area contributed by atoms with Crippen LogP contribution in [0.25, 0.3) is 0 Å². The van der Waals surface area contributed by atoms with E-state index in [1.807, 2.05) is 12.1 Å². The zero-order valence-electron chi connectivity index (χ0n) is 8.07. The Kier molecular flexibility index (Phi) is 2.73. The second-order valence-electron chi connectivity index (χ2n) is 3.59. The van der Waals surface area contributed by atoms with E-state index in [2.05, 4.69) is 0 Å². The minimum absolute atomic E-state index is 0.00559. The number of rotatable bonds is 2. The van der Waals surface area contributed by atoms with Gasteiger partial charge in [0.1, 0.15) is 0 Å². The Morgan fingerprint density at radius 2 is 1.87 bits per heavy atom. The van der Waals surface area contributed by atoms with Gasteiger partial charge < -0.3 is 4.90 Å². The molecule has 0 spiro atoms. The lowest BCUT2D eigenvalue weighted by Gasteiger charge is -2.14. The minimum Gasteiger partial charge on any atom is -0.331 e. The van der Waals surface area contributed by atoms with Gasteiger partial charge in [0, 0.05) is 11.6 Å². The topological polar surface area (TPSA) is 37.4 Å². The van der Waals surface area contributed by atoms with E-state index in [1.54, 1.807) is 17.0 Å². The SMILES string of the molecule is O=C1CC(=O)N(Cc2ccc(Cl)cc2)C1. The molecule has 1 heterocycles. The first-order valence-corrected chi connectivity index (χ1v) is 5.07. The lowest BCUT2D eigenvalue weighted by atomic mass is 10.2. The molecular weight excluding hydrogens is 214 g/mol. The van der Waals surface area contributed by atoms with Crippen molar-refractivity contribution >= 4 is 23.3 Å². The van der Waals surface area contributed by atoms with Gasteiger partial charge in [0.25, 0.3) is 0 Å². The molecule has 1 aliphatic rings. The zero-order chi connectivity index (χ0) is 10.8. The van der Waals surface area contributed by atoms with Crippen LogP contribution < -0.4 is 0 Å². The summed E-state index contributed by atoms with van der Waals surface area (Å²) in [4.78, 5) is 23.9. The number of ketones is 1. The van der Waals surface area contributed by atoms with Crippen molar-refractivity contribution < 1.29 is 9.59 Å². The number of hydrogen-bond donors (Lipinski definition) is 0. The number of carbonyl (C=O) groups is 2. The summed E-state index contributed by atoms with van der Waals surface area (Å²) in [6, 6.07) is 7.27. The lowest BCUT2D eigenvalue weighted by molar-refractivity contribution is -0.128. The third-order valence-electron chi connectivity index (χ3n) is 2.36. The van der Waals surface area contributed by atoms with Crippen molar-refractivity contribution in [3.63, 3.8) is 0 Å². The van der Waals surface area contributed by atoms with Crippen LogP contribution in [0, 0.1) is 0 Å². The molecule has 4 heteroatoms. The van der Waals surface area contributed by atoms with Gasteiger partial charge in [-0.2, -0.15) is 0 Å². The van der Waals surface area contributed by atoms with Gasteiger partial charge in [-0.1, -0.05) is 23.7 Å². The van der Waals surface area contributed by atoms with Crippen LogP contribution in [-0.4, -0.2) is 23.1 Å². The van der Waals surface area contributed by atoms with Crippen LogP contribution in [0.4, 0.5) is 0 Å². The summed E-state index contributed by atoms with van der Waals surface area (Å²) in [7, 11) is 0. The predicted octanol–water partition coefficient (Wildman–Crippen LogP) is 1.64. The van der Waals surface area contributed by atoms with Crippen LogP contribution in [0.3, 0.4) is 0 Å². The molecule has 0 N–H and O–H groups in total. The predicted molar refractivity (Wildman–Crippen MR) is 56.5 cm³/mol. The highest BCUT2D eigenvalue weighted by molar-refractivity contribution is 6.30. The van der Waals surface area contributed by atoms with Crippen molar-refractivity contribution in [2.45, 2.75) is 13.0 Å². The molecule has 1 aromatic rings. The van der Waals surface area contributed by atoms with Crippen LogP contribution in [0.1, 0.15) is 12.0 Å². The van der Waals surface area contributed by atoms with Crippen LogP contribution >= 0.6 is 11.6 Å². The normalized spacial score (nSPS) is 16.2. The van der Waals surface area contributed by atoms with E-state index < -0.39 is 0 Å². The summed E-state index contributed by atoms with van der Waals surface area (Å²) in [6.45, 7) is 0.725. The van der Waals surface area contributed by atoms with E-state index in [0.29, 0.717) is 11.6 Å². The Morgan fingerprint density at radius 1 is 1.20 bits per heavy atom. The second kappa shape index (κ2) is 4.03. The first-order valence-electron chi connectivity index (χ1n) is 4.69. The maximum Gasteiger partial charge on any atom is 0.230 e. The lowest BCUT2D eigenvalue weighted by Crippen LogP contribution is -2.24. The number of Topliss-reactive ketones (excluding diaryl/α,β-unsaturated/α-hetero) is 1. The summed E-state index contributed by atoms with van der Waals surface area (Å²) in [5.74, 6) is -0.0936. The number of nitrogens with zero attached hydrogens (tertiary/aromatic N) is 1. The molecule has 0 atom stereocenters. The first-order chi connectivity index (χ1) is 7.15. The third-order valence-corrected chi connectivity index (χ3v) is 2.61. The molecule has 0 aliphatic carbocycles. The third kappa shape index (κ3) is 2.36. The van der Waals surface area contributed by atoms with Gasteiger partial charge in [0.2, 0.25) is 5.91 Å². The second-order valence-corrected chi connectivity index (χ2v) is 4.03. The monoisotopic (exact) mass is 223 g/mol. The Balaban J connectivity index is 2.06. The van der Waals surface area contributed by atoms with E-state index in [1.165, 1.54) is 0 Å². The summed E-state index contributed by atoms with van der Waals surface area (Å²) >= 11 is 5.75. The van der Waals surface area contributed by atoms with Gasteiger partial charge in [0.05, 0.1) is 13.0 Å². The van der Waals surface area contributed by atoms with Crippen molar-refractivity contribution in [1.82, 2.24) is 4.90 Å². The van der Waals surface area contributed by atoms with Crippen LogP contribution in [0.5, 0.6) is 0 Å².